The number of methoxy groups -OCH3 is 1. The zero-order chi connectivity index (χ0) is 27.5. The van der Waals surface area contributed by atoms with Crippen molar-refractivity contribution in [1.82, 2.24) is 9.21 Å². The fourth-order valence-corrected chi connectivity index (χ4v) is 6.09. The summed E-state index contributed by atoms with van der Waals surface area (Å²) in [6.07, 6.45) is -0.789. The van der Waals surface area contributed by atoms with Crippen molar-refractivity contribution in [3.8, 4) is 0 Å². The van der Waals surface area contributed by atoms with Crippen molar-refractivity contribution in [1.29, 1.82) is 0 Å². The number of azide groups is 1. The monoisotopic (exact) mass is 541 g/mol. The van der Waals surface area contributed by atoms with E-state index >= 15 is 0 Å². The van der Waals surface area contributed by atoms with Crippen LogP contribution in [0.15, 0.2) is 34.3 Å². The van der Waals surface area contributed by atoms with Crippen LogP contribution >= 0.6 is 11.8 Å². The average Bonchev–Trinajstić information content (AvgIpc) is 3.09. The molecule has 2 amide bonds. The predicted octanol–water partition coefficient (Wildman–Crippen LogP) is 3.45. The van der Waals surface area contributed by atoms with Gasteiger partial charge in [-0.25, -0.2) is 17.5 Å². The zero-order valence-electron chi connectivity index (χ0n) is 21.3. The van der Waals surface area contributed by atoms with Gasteiger partial charge in [-0.1, -0.05) is 22.8 Å². The number of aryl methyl sites for hydroxylation is 1. The zero-order valence-corrected chi connectivity index (χ0v) is 22.9. The number of rotatable bonds is 7. The van der Waals surface area contributed by atoms with E-state index in [2.05, 4.69) is 14.8 Å². The molecule has 1 aliphatic heterocycles. The van der Waals surface area contributed by atoms with Crippen molar-refractivity contribution < 1.29 is 32.3 Å². The highest BCUT2D eigenvalue weighted by atomic mass is 32.2. The molecule has 12 nitrogen and oxygen atoms in total. The minimum Gasteiger partial charge on any atom is -0.469 e. The summed E-state index contributed by atoms with van der Waals surface area (Å²) in [4.78, 5) is 41.8. The van der Waals surface area contributed by atoms with Crippen LogP contribution in [0.5, 0.6) is 0 Å². The molecule has 0 aliphatic carbocycles. The molecule has 0 aromatic heterocycles. The van der Waals surface area contributed by atoms with Gasteiger partial charge >= 0.3 is 12.1 Å². The maximum Gasteiger partial charge on any atom is 0.412 e. The van der Waals surface area contributed by atoms with Crippen LogP contribution in [-0.2, 0) is 29.1 Å². The van der Waals surface area contributed by atoms with Gasteiger partial charge in [0.05, 0.1) is 23.4 Å². The van der Waals surface area contributed by atoms with Crippen LogP contribution in [0, 0.1) is 6.92 Å². The summed E-state index contributed by atoms with van der Waals surface area (Å²) >= 11 is 1.27. The number of amides is 2. The summed E-state index contributed by atoms with van der Waals surface area (Å²) in [6.45, 7) is 9.41. The molecule has 0 bridgehead atoms. The van der Waals surface area contributed by atoms with Crippen LogP contribution in [0.25, 0.3) is 10.4 Å². The summed E-state index contributed by atoms with van der Waals surface area (Å²) in [5, 5.41) is 3.33. The lowest BCUT2D eigenvalue weighted by molar-refractivity contribution is -0.143. The van der Waals surface area contributed by atoms with Gasteiger partial charge in [0.2, 0.25) is 0 Å². The van der Waals surface area contributed by atoms with Crippen LogP contribution in [0.1, 0.15) is 40.2 Å². The van der Waals surface area contributed by atoms with E-state index in [1.165, 1.54) is 28.8 Å². The molecule has 0 radical (unpaired) electrons. The second-order valence-corrected chi connectivity index (χ2v) is 13.0. The lowest BCUT2D eigenvalue weighted by Crippen LogP contribution is -2.57. The van der Waals surface area contributed by atoms with Gasteiger partial charge in [0.1, 0.15) is 11.6 Å². The number of carbonyl (C=O) groups is 3. The molecular formula is C22H31N5O7S2. The summed E-state index contributed by atoms with van der Waals surface area (Å²) in [5.41, 5.74) is 8.84. The van der Waals surface area contributed by atoms with Crippen molar-refractivity contribution in [2.45, 2.75) is 69.0 Å². The van der Waals surface area contributed by atoms with Crippen LogP contribution in [-0.4, -0.2) is 77.6 Å². The number of sulfonamides is 1. The van der Waals surface area contributed by atoms with Gasteiger partial charge in [-0.2, -0.15) is 0 Å². The molecule has 1 fully saturated rings. The van der Waals surface area contributed by atoms with Crippen LogP contribution < -0.4 is 0 Å². The fourth-order valence-electron chi connectivity index (χ4n) is 3.47. The minimum atomic E-state index is -4.53. The first kappa shape index (κ1) is 29.3. The molecule has 1 aromatic carbocycles. The van der Waals surface area contributed by atoms with Crippen LogP contribution in [0.2, 0.25) is 0 Å². The first-order chi connectivity index (χ1) is 16.5. The Bertz CT molecular complexity index is 1160. The number of thioether (sulfide) groups is 1. The van der Waals surface area contributed by atoms with E-state index in [0.29, 0.717) is 4.31 Å². The van der Waals surface area contributed by atoms with E-state index < -0.39 is 57.1 Å². The van der Waals surface area contributed by atoms with Crippen molar-refractivity contribution >= 4 is 39.8 Å². The minimum absolute atomic E-state index is 0.0788. The number of ether oxygens (including phenoxy) is 2. The van der Waals surface area contributed by atoms with Gasteiger partial charge in [0, 0.05) is 10.7 Å². The summed E-state index contributed by atoms with van der Waals surface area (Å²) < 4.78 is 37.9. The van der Waals surface area contributed by atoms with Gasteiger partial charge in [-0.15, -0.1) is 11.8 Å². The quantitative estimate of drug-likeness (QED) is 0.220. The largest absolute Gasteiger partial charge is 0.469 e. The van der Waals surface area contributed by atoms with E-state index in [4.69, 9.17) is 10.3 Å². The van der Waals surface area contributed by atoms with Gasteiger partial charge < -0.3 is 9.47 Å². The van der Waals surface area contributed by atoms with Crippen LogP contribution in [0.4, 0.5) is 4.79 Å². The highest BCUT2D eigenvalue weighted by Gasteiger charge is 2.51. The first-order valence-corrected chi connectivity index (χ1v) is 13.4. The van der Waals surface area contributed by atoms with E-state index in [0.717, 1.165) is 12.7 Å². The number of esters is 1. The lowest BCUT2D eigenvalue weighted by atomic mass is 10.2. The third kappa shape index (κ3) is 6.62. The number of carbonyl (C=O) groups excluding carboxylic acids is 3. The Kier molecular flexibility index (Phi) is 8.92. The highest BCUT2D eigenvalue weighted by Crippen LogP contribution is 2.41. The van der Waals surface area contributed by atoms with E-state index in [-0.39, 0.29) is 10.6 Å². The Hall–Kier alpha value is -2.96. The maximum atomic E-state index is 13.8. The third-order valence-corrected chi connectivity index (χ3v) is 8.38. The molecule has 1 saturated heterocycles. The number of hydrogen-bond donors (Lipinski definition) is 0. The Morgan fingerprint density at radius 3 is 2.36 bits per heavy atom. The molecule has 198 valence electrons. The fraction of sp³-hybridized carbons (Fsp3) is 0.591. The van der Waals surface area contributed by atoms with Gasteiger partial charge in [0.15, 0.2) is 6.04 Å². The van der Waals surface area contributed by atoms with E-state index in [1.54, 1.807) is 53.7 Å². The predicted molar refractivity (Wildman–Crippen MR) is 133 cm³/mol. The Labute approximate surface area is 215 Å². The van der Waals surface area contributed by atoms with Gasteiger partial charge in [0.25, 0.3) is 15.9 Å². The molecule has 1 aromatic rings. The molecule has 0 N–H and O–H groups in total. The Balaban J connectivity index is 2.60. The standard InChI is InChI=1S/C22H31N5O7S2/c1-14-8-10-15(11-9-14)36(31,32)26(12-16(24-25-23)19(29)33-7)18(28)17-13-35-22(5,6)27(17)20(30)34-21(2,3)4/h8-11,16-17H,12-13H2,1-7H3/t16-,17-/m0/s1. The summed E-state index contributed by atoms with van der Waals surface area (Å²) in [5.74, 6) is -1.91. The molecule has 36 heavy (non-hydrogen) atoms. The third-order valence-electron chi connectivity index (χ3n) is 5.22. The Morgan fingerprint density at radius 1 is 1.28 bits per heavy atom. The Morgan fingerprint density at radius 2 is 1.86 bits per heavy atom. The van der Waals surface area contributed by atoms with Crippen LogP contribution in [0.3, 0.4) is 0 Å². The molecule has 0 unspecified atom stereocenters. The normalized spacial score (nSPS) is 18.1. The molecule has 14 heteroatoms. The number of benzene rings is 1. The maximum absolute atomic E-state index is 13.8. The smallest absolute Gasteiger partial charge is 0.412 e. The van der Waals surface area contributed by atoms with Gasteiger partial charge in [-0.3, -0.25) is 14.5 Å². The number of nitrogens with zero attached hydrogens (tertiary/aromatic N) is 5. The summed E-state index contributed by atoms with van der Waals surface area (Å²) in [7, 11) is -3.48. The molecule has 0 spiro atoms. The number of hydrogen-bond acceptors (Lipinski definition) is 9. The van der Waals surface area contributed by atoms with E-state index in [9.17, 15) is 22.8 Å². The SMILES string of the molecule is COC(=O)[C@H](CN(C(=O)[C@@H]1CSC(C)(C)N1C(=O)OC(C)(C)C)S(=O)(=O)c1ccc(C)cc1)N=[N+]=[N-]. The average molecular weight is 542 g/mol. The van der Waals surface area contributed by atoms with Crippen molar-refractivity contribution in [2.24, 2.45) is 5.11 Å². The van der Waals surface area contributed by atoms with E-state index in [1.807, 2.05) is 0 Å². The lowest BCUT2D eigenvalue weighted by Gasteiger charge is -2.37. The molecule has 0 saturated carbocycles. The molecule has 2 rings (SSSR count). The molecule has 1 heterocycles. The first-order valence-electron chi connectivity index (χ1n) is 11.0. The molecular weight excluding hydrogens is 510 g/mol. The molecule has 1 aliphatic rings. The molecule has 2 atom stereocenters. The summed E-state index contributed by atoms with van der Waals surface area (Å²) in [6, 6.07) is 2.89. The van der Waals surface area contributed by atoms with Crippen molar-refractivity contribution in [3.63, 3.8) is 0 Å². The topological polar surface area (TPSA) is 159 Å². The van der Waals surface area contributed by atoms with Crippen molar-refractivity contribution in [3.05, 3.63) is 40.3 Å². The second kappa shape index (κ2) is 11.0. The van der Waals surface area contributed by atoms with Gasteiger partial charge in [-0.05, 0) is 59.2 Å². The second-order valence-electron chi connectivity index (χ2n) is 9.56. The highest BCUT2D eigenvalue weighted by molar-refractivity contribution is 8.00. The van der Waals surface area contributed by atoms with Crippen molar-refractivity contribution in [2.75, 3.05) is 19.4 Å².